The Balaban J connectivity index is 0.000000328. The van der Waals surface area contributed by atoms with Crippen molar-refractivity contribution in [2.45, 2.75) is 84.1 Å². The Labute approximate surface area is 220 Å². The molecule has 3 heteroatoms. The van der Waals surface area contributed by atoms with E-state index in [4.69, 9.17) is 4.99 Å². The van der Waals surface area contributed by atoms with E-state index in [1.54, 1.807) is 0 Å². The molecule has 1 unspecified atom stereocenters. The number of hydrogen-bond acceptors (Lipinski definition) is 3. The van der Waals surface area contributed by atoms with Crippen molar-refractivity contribution < 1.29 is 0 Å². The lowest BCUT2D eigenvalue weighted by molar-refractivity contribution is 0.381. The fraction of sp³-hybridized carbons (Fsp3) is 0.406. The van der Waals surface area contributed by atoms with Gasteiger partial charge in [0, 0.05) is 16.3 Å². The maximum atomic E-state index is 4.95. The summed E-state index contributed by atoms with van der Waals surface area (Å²) in [5, 5.41) is 0. The van der Waals surface area contributed by atoms with Crippen LogP contribution in [-0.4, -0.2) is 16.8 Å². The quantitative estimate of drug-likeness (QED) is 0.197. The minimum atomic E-state index is 0.320. The van der Waals surface area contributed by atoms with Gasteiger partial charge in [-0.3, -0.25) is 0 Å². The van der Waals surface area contributed by atoms with Crippen LogP contribution in [0.1, 0.15) is 72.3 Å². The number of allylic oxidation sites excluding steroid dienone is 6. The Bertz CT molecular complexity index is 1020. The molecule has 1 aliphatic carbocycles. The summed E-state index contributed by atoms with van der Waals surface area (Å²) >= 11 is 4.20. The van der Waals surface area contributed by atoms with Crippen molar-refractivity contribution in [2.75, 3.05) is 0 Å². The number of aliphatic imine (C=N–C) groups is 1. The summed E-state index contributed by atoms with van der Waals surface area (Å²) in [5.74, 6) is 1.76. The van der Waals surface area contributed by atoms with Gasteiger partial charge >= 0.3 is 0 Å². The van der Waals surface area contributed by atoms with Gasteiger partial charge in [0.05, 0.1) is 6.04 Å². The van der Waals surface area contributed by atoms with Crippen LogP contribution in [0.15, 0.2) is 106 Å². The van der Waals surface area contributed by atoms with Crippen molar-refractivity contribution in [1.29, 1.82) is 0 Å². The molecular weight excluding hydrogens is 444 g/mol. The van der Waals surface area contributed by atoms with Crippen LogP contribution in [0.25, 0.3) is 0 Å². The number of thiol groups is 1. The molecule has 35 heavy (non-hydrogen) atoms. The Morgan fingerprint density at radius 1 is 1.23 bits per heavy atom. The zero-order chi connectivity index (χ0) is 26.0. The highest BCUT2D eigenvalue weighted by atomic mass is 32.1. The molecule has 1 aliphatic heterocycles. The van der Waals surface area contributed by atoms with Crippen LogP contribution in [0.3, 0.4) is 0 Å². The van der Waals surface area contributed by atoms with Crippen molar-refractivity contribution in [3.8, 4) is 0 Å². The summed E-state index contributed by atoms with van der Waals surface area (Å²) in [7, 11) is 0. The van der Waals surface area contributed by atoms with Crippen LogP contribution in [0.4, 0.5) is 0 Å². The molecule has 2 aliphatic rings. The Morgan fingerprint density at radius 3 is 2.37 bits per heavy atom. The monoisotopic (exact) mass is 488 g/mol. The second-order valence-corrected chi connectivity index (χ2v) is 10.0. The Morgan fingerprint density at radius 2 is 1.89 bits per heavy atom. The van der Waals surface area contributed by atoms with Gasteiger partial charge in [-0.05, 0) is 87.6 Å². The zero-order valence-electron chi connectivity index (χ0n) is 22.5. The molecule has 0 radical (unpaired) electrons. The average Bonchev–Trinajstić information content (AvgIpc) is 3.65. The second-order valence-electron chi connectivity index (χ2n) is 9.49. The van der Waals surface area contributed by atoms with Crippen LogP contribution in [-0.2, 0) is 6.42 Å². The Kier molecular flexibility index (Phi) is 11.6. The SMILES string of the molecule is C=C(C)Cc1ccc(S)cc1.C=C/C=C(\C=C/C)C(C1CC1)N1C(=C)C(CCC)=C(CC)N=C1C. The van der Waals surface area contributed by atoms with E-state index in [9.17, 15) is 0 Å². The van der Waals surface area contributed by atoms with Gasteiger partial charge in [0.2, 0.25) is 0 Å². The molecule has 188 valence electrons. The van der Waals surface area contributed by atoms with E-state index >= 15 is 0 Å². The number of nitrogens with zero attached hydrogens (tertiary/aromatic N) is 2. The van der Waals surface area contributed by atoms with E-state index in [0.29, 0.717) is 12.0 Å². The van der Waals surface area contributed by atoms with Gasteiger partial charge in [0.25, 0.3) is 0 Å². The molecule has 0 aromatic heterocycles. The third kappa shape index (κ3) is 8.28. The molecule has 0 amide bonds. The first-order chi connectivity index (χ1) is 16.8. The first-order valence-corrected chi connectivity index (χ1v) is 13.3. The normalized spacial score (nSPS) is 17.2. The van der Waals surface area contributed by atoms with Gasteiger partial charge in [-0.1, -0.05) is 82.0 Å². The van der Waals surface area contributed by atoms with Gasteiger partial charge in [-0.25, -0.2) is 4.99 Å². The van der Waals surface area contributed by atoms with E-state index in [-0.39, 0.29) is 0 Å². The highest BCUT2D eigenvalue weighted by molar-refractivity contribution is 7.80. The van der Waals surface area contributed by atoms with Gasteiger partial charge in [-0.2, -0.15) is 0 Å². The molecule has 2 nitrogen and oxygen atoms in total. The summed E-state index contributed by atoms with van der Waals surface area (Å²) in [4.78, 5) is 8.35. The fourth-order valence-electron chi connectivity index (χ4n) is 4.61. The topological polar surface area (TPSA) is 15.6 Å². The number of hydrogen-bond donors (Lipinski definition) is 1. The molecule has 1 atom stereocenters. The highest BCUT2D eigenvalue weighted by Gasteiger charge is 2.40. The number of benzene rings is 1. The summed E-state index contributed by atoms with van der Waals surface area (Å²) in [6.45, 7) is 22.9. The van der Waals surface area contributed by atoms with Gasteiger partial charge in [-0.15, -0.1) is 12.6 Å². The molecule has 1 heterocycles. The van der Waals surface area contributed by atoms with E-state index in [2.05, 4.69) is 95.3 Å². The van der Waals surface area contributed by atoms with Crippen LogP contribution in [0.2, 0.25) is 0 Å². The van der Waals surface area contributed by atoms with E-state index in [1.165, 1.54) is 40.8 Å². The summed E-state index contributed by atoms with van der Waals surface area (Å²) in [6, 6.07) is 8.48. The maximum absolute atomic E-state index is 4.95. The van der Waals surface area contributed by atoms with E-state index in [0.717, 1.165) is 42.1 Å². The lowest BCUT2D eigenvalue weighted by Gasteiger charge is -2.39. The van der Waals surface area contributed by atoms with Crippen molar-refractivity contribution in [1.82, 2.24) is 4.90 Å². The molecule has 0 spiro atoms. The molecule has 1 aromatic carbocycles. The van der Waals surface area contributed by atoms with Crippen LogP contribution in [0.5, 0.6) is 0 Å². The molecule has 0 saturated heterocycles. The average molecular weight is 489 g/mol. The summed E-state index contributed by atoms with van der Waals surface area (Å²) in [6.07, 6.45) is 15.0. The highest BCUT2D eigenvalue weighted by Crippen LogP contribution is 2.43. The van der Waals surface area contributed by atoms with Crippen molar-refractivity contribution >= 4 is 18.5 Å². The van der Waals surface area contributed by atoms with Crippen LogP contribution < -0.4 is 0 Å². The third-order valence-corrected chi connectivity index (χ3v) is 6.57. The fourth-order valence-corrected chi connectivity index (χ4v) is 4.76. The lowest BCUT2D eigenvalue weighted by atomic mass is 9.94. The molecule has 1 fully saturated rings. The van der Waals surface area contributed by atoms with Crippen molar-refractivity contribution in [2.24, 2.45) is 10.9 Å². The lowest BCUT2D eigenvalue weighted by Crippen LogP contribution is -2.42. The number of amidine groups is 1. The number of rotatable bonds is 10. The predicted molar refractivity (Wildman–Crippen MR) is 158 cm³/mol. The van der Waals surface area contributed by atoms with Crippen LogP contribution >= 0.6 is 12.6 Å². The summed E-state index contributed by atoms with van der Waals surface area (Å²) in [5.41, 5.74) is 7.51. The first kappa shape index (κ1) is 28.7. The molecule has 1 saturated carbocycles. The van der Waals surface area contributed by atoms with E-state index < -0.39 is 0 Å². The molecule has 0 bridgehead atoms. The molecule has 0 N–H and O–H groups in total. The van der Waals surface area contributed by atoms with Gasteiger partial charge in [0.1, 0.15) is 5.84 Å². The summed E-state index contributed by atoms with van der Waals surface area (Å²) < 4.78 is 0. The molecule has 1 aromatic rings. The largest absolute Gasteiger partial charge is 0.323 e. The zero-order valence-corrected chi connectivity index (χ0v) is 23.4. The van der Waals surface area contributed by atoms with Gasteiger partial charge < -0.3 is 4.90 Å². The Hall–Kier alpha value is -2.52. The van der Waals surface area contributed by atoms with E-state index in [1.807, 2.05) is 25.1 Å². The minimum Gasteiger partial charge on any atom is -0.323 e. The van der Waals surface area contributed by atoms with Gasteiger partial charge in [0.15, 0.2) is 0 Å². The third-order valence-electron chi connectivity index (χ3n) is 6.27. The molecule has 3 rings (SSSR count). The van der Waals surface area contributed by atoms with Crippen LogP contribution in [0, 0.1) is 5.92 Å². The predicted octanol–water partition coefficient (Wildman–Crippen LogP) is 9.26. The van der Waals surface area contributed by atoms with Crippen molar-refractivity contribution in [3.63, 3.8) is 0 Å². The first-order valence-electron chi connectivity index (χ1n) is 12.9. The van der Waals surface area contributed by atoms with Crippen molar-refractivity contribution in [3.05, 3.63) is 102 Å². The maximum Gasteiger partial charge on any atom is 0.106 e. The minimum absolute atomic E-state index is 0.320. The standard InChI is InChI=1S/C22H32N2.C10H12S/c1-7-11-18(12-8-2)22(19-14-15-19)24-16(5)20(13-9-3)21(10-4)23-17(24)6;1-8(2)7-9-3-5-10(11)6-4-9/h7-8,11-12,19,22H,1,5,9-10,13-15H2,2-4,6H3;3-6,11H,1,7H2,2H3/b12-8-,18-11+;. The molecular formula is C32H44N2S. The smallest absolute Gasteiger partial charge is 0.106 e. The second kappa shape index (κ2) is 14.1.